The number of ether oxygens (including phenoxy) is 1. The van der Waals surface area contributed by atoms with Crippen LogP contribution in [0.3, 0.4) is 0 Å². The summed E-state index contributed by atoms with van der Waals surface area (Å²) in [6.07, 6.45) is 0.441. The van der Waals surface area contributed by atoms with Crippen LogP contribution in [0.15, 0.2) is 47.0 Å². The maximum Gasteiger partial charge on any atom is 0.321 e. The van der Waals surface area contributed by atoms with Crippen molar-refractivity contribution in [2.75, 3.05) is 18.9 Å². The van der Waals surface area contributed by atoms with Crippen molar-refractivity contribution in [2.24, 2.45) is 0 Å². The highest BCUT2D eigenvalue weighted by molar-refractivity contribution is 5.90. The molecule has 1 heterocycles. The zero-order valence-corrected chi connectivity index (χ0v) is 16.6. The highest BCUT2D eigenvalue weighted by Crippen LogP contribution is 2.17. The predicted octanol–water partition coefficient (Wildman–Crippen LogP) is 4.11. The Bertz CT molecular complexity index is 972. The van der Waals surface area contributed by atoms with Gasteiger partial charge in [-0.15, -0.1) is 0 Å². The number of nitrogens with zero attached hydrogens (tertiary/aromatic N) is 3. The summed E-state index contributed by atoms with van der Waals surface area (Å²) in [6, 6.07) is 11.4. The average Bonchev–Trinajstić information content (AvgIpc) is 3.16. The largest absolute Gasteiger partial charge is 0.484 e. The second kappa shape index (κ2) is 9.18. The first kappa shape index (κ1) is 20.3. The van der Waals surface area contributed by atoms with E-state index in [1.54, 1.807) is 11.9 Å². The average molecular weight is 398 g/mol. The van der Waals surface area contributed by atoms with E-state index in [0.717, 1.165) is 16.8 Å². The van der Waals surface area contributed by atoms with Crippen molar-refractivity contribution in [3.8, 4) is 5.75 Å². The molecule has 0 aliphatic heterocycles. The van der Waals surface area contributed by atoms with Crippen LogP contribution in [0.25, 0.3) is 0 Å². The Labute approximate surface area is 168 Å². The summed E-state index contributed by atoms with van der Waals surface area (Å²) in [4.78, 5) is 18.2. The Morgan fingerprint density at radius 1 is 1.21 bits per heavy atom. The van der Waals surface area contributed by atoms with E-state index in [4.69, 9.17) is 9.26 Å². The van der Waals surface area contributed by atoms with Crippen LogP contribution in [0.4, 0.5) is 14.9 Å². The summed E-state index contributed by atoms with van der Waals surface area (Å²) in [5.41, 5.74) is 2.87. The van der Waals surface area contributed by atoms with Crippen molar-refractivity contribution in [3.63, 3.8) is 0 Å². The topological polar surface area (TPSA) is 80.5 Å². The van der Waals surface area contributed by atoms with E-state index in [9.17, 15) is 9.18 Å². The lowest BCUT2D eigenvalue weighted by Gasteiger charge is -2.18. The lowest BCUT2D eigenvalue weighted by Crippen LogP contribution is -2.33. The monoisotopic (exact) mass is 398 g/mol. The quantitative estimate of drug-likeness (QED) is 0.648. The third kappa shape index (κ3) is 5.78. The van der Waals surface area contributed by atoms with E-state index >= 15 is 0 Å². The van der Waals surface area contributed by atoms with Crippen LogP contribution in [0.2, 0.25) is 0 Å². The Kier molecular flexibility index (Phi) is 6.43. The zero-order valence-electron chi connectivity index (χ0n) is 16.6. The molecule has 1 aromatic heterocycles. The molecule has 29 heavy (non-hydrogen) atoms. The minimum atomic E-state index is -0.330. The lowest BCUT2D eigenvalue weighted by molar-refractivity contribution is 0.222. The highest BCUT2D eigenvalue weighted by Gasteiger charge is 2.13. The second-order valence-electron chi connectivity index (χ2n) is 6.77. The molecule has 2 amide bonds. The van der Waals surface area contributed by atoms with E-state index in [1.165, 1.54) is 24.3 Å². The van der Waals surface area contributed by atoms with Crippen LogP contribution in [-0.4, -0.2) is 34.7 Å². The molecule has 0 fully saturated rings. The Morgan fingerprint density at radius 2 is 1.97 bits per heavy atom. The summed E-state index contributed by atoms with van der Waals surface area (Å²) < 4.78 is 23.5. The number of halogens is 1. The molecule has 0 aliphatic rings. The maximum atomic E-state index is 12.9. The number of benzene rings is 2. The van der Waals surface area contributed by atoms with Crippen molar-refractivity contribution in [2.45, 2.75) is 26.9 Å². The minimum absolute atomic E-state index is 0.0849. The number of nitrogens with one attached hydrogen (secondary N) is 1. The standard InChI is InChI=1S/C21H23FN4O3/c1-14-4-5-15(2)18(12-14)23-21(27)26(3)11-10-19-24-20(29-25-19)13-28-17-8-6-16(22)7-9-17/h4-9,12H,10-11,13H2,1-3H3,(H,23,27). The summed E-state index contributed by atoms with van der Waals surface area (Å²) in [7, 11) is 1.71. The van der Waals surface area contributed by atoms with E-state index in [1.807, 2.05) is 32.0 Å². The molecule has 0 unspecified atom stereocenters. The maximum absolute atomic E-state index is 12.9. The molecule has 7 nitrogen and oxygen atoms in total. The molecular weight excluding hydrogens is 375 g/mol. The fourth-order valence-corrected chi connectivity index (χ4v) is 2.58. The normalized spacial score (nSPS) is 10.6. The van der Waals surface area contributed by atoms with Crippen LogP contribution in [0.5, 0.6) is 5.75 Å². The van der Waals surface area contributed by atoms with Gasteiger partial charge in [0.15, 0.2) is 12.4 Å². The van der Waals surface area contributed by atoms with Crippen LogP contribution < -0.4 is 10.1 Å². The fraction of sp³-hybridized carbons (Fsp3) is 0.286. The van der Waals surface area contributed by atoms with Gasteiger partial charge in [0.05, 0.1) is 0 Å². The summed E-state index contributed by atoms with van der Waals surface area (Å²) in [5.74, 6) is 0.970. The van der Waals surface area contributed by atoms with Crippen molar-refractivity contribution in [1.82, 2.24) is 15.0 Å². The number of aromatic nitrogens is 2. The van der Waals surface area contributed by atoms with E-state index in [0.29, 0.717) is 30.4 Å². The van der Waals surface area contributed by atoms with E-state index < -0.39 is 0 Å². The van der Waals surface area contributed by atoms with Gasteiger partial charge in [-0.25, -0.2) is 9.18 Å². The molecule has 0 saturated heterocycles. The minimum Gasteiger partial charge on any atom is -0.484 e. The smallest absolute Gasteiger partial charge is 0.321 e. The molecule has 0 bridgehead atoms. The van der Waals surface area contributed by atoms with Crippen molar-refractivity contribution in [3.05, 3.63) is 71.1 Å². The van der Waals surface area contributed by atoms with Crippen LogP contribution in [0, 0.1) is 19.7 Å². The van der Waals surface area contributed by atoms with Crippen LogP contribution in [0.1, 0.15) is 22.8 Å². The van der Waals surface area contributed by atoms with Gasteiger partial charge in [0, 0.05) is 25.7 Å². The van der Waals surface area contributed by atoms with Crippen molar-refractivity contribution >= 4 is 11.7 Å². The van der Waals surface area contributed by atoms with Crippen molar-refractivity contribution in [1.29, 1.82) is 0 Å². The van der Waals surface area contributed by atoms with Gasteiger partial charge in [0.2, 0.25) is 0 Å². The number of likely N-dealkylation sites (N-methyl/N-ethyl adjacent to an activating group) is 1. The van der Waals surface area contributed by atoms with Gasteiger partial charge < -0.3 is 19.5 Å². The summed E-state index contributed by atoms with van der Waals surface area (Å²) in [5, 5.41) is 6.81. The molecule has 3 rings (SSSR count). The molecule has 0 radical (unpaired) electrons. The molecular formula is C21H23FN4O3. The number of rotatable bonds is 7. The third-order valence-electron chi connectivity index (χ3n) is 4.34. The van der Waals surface area contributed by atoms with Gasteiger partial charge in [-0.1, -0.05) is 17.3 Å². The molecule has 2 aromatic carbocycles. The number of carbonyl (C=O) groups is 1. The SMILES string of the molecule is Cc1ccc(C)c(NC(=O)N(C)CCc2noc(COc3ccc(F)cc3)n2)c1. The number of urea groups is 1. The van der Waals surface area contributed by atoms with Crippen molar-refractivity contribution < 1.29 is 18.4 Å². The van der Waals surface area contributed by atoms with Gasteiger partial charge in [-0.2, -0.15) is 4.98 Å². The van der Waals surface area contributed by atoms with Gasteiger partial charge in [0.25, 0.3) is 5.89 Å². The number of hydrogen-bond acceptors (Lipinski definition) is 5. The third-order valence-corrected chi connectivity index (χ3v) is 4.34. The van der Waals surface area contributed by atoms with Gasteiger partial charge in [0.1, 0.15) is 11.6 Å². The fourth-order valence-electron chi connectivity index (χ4n) is 2.58. The van der Waals surface area contributed by atoms with Crippen LogP contribution >= 0.6 is 0 Å². The molecule has 0 spiro atoms. The first-order valence-electron chi connectivity index (χ1n) is 9.20. The van der Waals surface area contributed by atoms with Gasteiger partial charge in [-0.3, -0.25) is 0 Å². The van der Waals surface area contributed by atoms with E-state index in [-0.39, 0.29) is 18.5 Å². The second-order valence-corrected chi connectivity index (χ2v) is 6.77. The summed E-state index contributed by atoms with van der Waals surface area (Å²) in [6.45, 7) is 4.44. The molecule has 0 saturated carbocycles. The number of aryl methyl sites for hydroxylation is 2. The predicted molar refractivity (Wildman–Crippen MR) is 106 cm³/mol. The first-order valence-corrected chi connectivity index (χ1v) is 9.20. The number of amides is 2. The highest BCUT2D eigenvalue weighted by atomic mass is 19.1. The summed E-state index contributed by atoms with van der Waals surface area (Å²) >= 11 is 0. The lowest BCUT2D eigenvalue weighted by atomic mass is 10.1. The molecule has 3 aromatic rings. The Morgan fingerprint density at radius 3 is 2.72 bits per heavy atom. The molecule has 0 aliphatic carbocycles. The molecule has 8 heteroatoms. The molecule has 0 atom stereocenters. The van der Waals surface area contributed by atoms with Crippen LogP contribution in [-0.2, 0) is 13.0 Å². The number of carbonyl (C=O) groups excluding carboxylic acids is 1. The Balaban J connectivity index is 1.47. The number of anilines is 1. The first-order chi connectivity index (χ1) is 13.9. The van der Waals surface area contributed by atoms with Gasteiger partial charge in [-0.05, 0) is 55.3 Å². The Hall–Kier alpha value is -3.42. The van der Waals surface area contributed by atoms with Gasteiger partial charge >= 0.3 is 6.03 Å². The zero-order chi connectivity index (χ0) is 20.8. The van der Waals surface area contributed by atoms with E-state index in [2.05, 4.69) is 15.5 Å². The molecule has 1 N–H and O–H groups in total. The number of hydrogen-bond donors (Lipinski definition) is 1. The molecule has 152 valence electrons.